The molecule has 0 spiro atoms. The summed E-state index contributed by atoms with van der Waals surface area (Å²) in [5.41, 5.74) is 6.83. The molecule has 3 saturated heterocycles. The van der Waals surface area contributed by atoms with Gasteiger partial charge in [0.1, 0.15) is 17.8 Å². The molecule has 184 valence electrons. The molecule has 4 aliphatic rings. The van der Waals surface area contributed by atoms with Crippen LogP contribution >= 0.6 is 0 Å². The SMILES string of the molecule is O=C1NC2C(c3ccccc3F)NNN2C2CC(C(=O)N3CCN(c4ccccn4)CC3)CCC12. The molecule has 1 aromatic carbocycles. The summed E-state index contributed by atoms with van der Waals surface area (Å²) in [7, 11) is 0. The second kappa shape index (κ2) is 9.18. The summed E-state index contributed by atoms with van der Waals surface area (Å²) in [6.07, 6.45) is 3.34. The van der Waals surface area contributed by atoms with Crippen LogP contribution in [-0.4, -0.2) is 65.1 Å². The van der Waals surface area contributed by atoms with Crippen LogP contribution in [0, 0.1) is 17.7 Å². The molecule has 2 aromatic rings. The van der Waals surface area contributed by atoms with Gasteiger partial charge in [-0.3, -0.25) is 9.59 Å². The third-order valence-corrected chi connectivity index (χ3v) is 7.92. The van der Waals surface area contributed by atoms with Crippen LogP contribution < -0.4 is 21.2 Å². The number of carbonyl (C=O) groups is 2. The molecular weight excluding hydrogens is 449 g/mol. The number of halogens is 1. The Morgan fingerprint density at radius 3 is 2.60 bits per heavy atom. The number of nitrogens with zero attached hydrogens (tertiary/aromatic N) is 4. The predicted molar refractivity (Wildman–Crippen MR) is 127 cm³/mol. The molecule has 3 N–H and O–H groups in total. The van der Waals surface area contributed by atoms with Gasteiger partial charge < -0.3 is 15.1 Å². The van der Waals surface area contributed by atoms with Gasteiger partial charge in [-0.25, -0.2) is 19.8 Å². The van der Waals surface area contributed by atoms with Gasteiger partial charge in [0.15, 0.2) is 0 Å². The molecule has 10 heteroatoms. The quantitative estimate of drug-likeness (QED) is 0.609. The predicted octanol–water partition coefficient (Wildman–Crippen LogP) is 1.18. The topological polar surface area (TPSA) is 92.8 Å². The Labute approximate surface area is 203 Å². The van der Waals surface area contributed by atoms with Crippen molar-refractivity contribution < 1.29 is 14.0 Å². The van der Waals surface area contributed by atoms with Gasteiger partial charge in [-0.15, -0.1) is 0 Å². The fourth-order valence-corrected chi connectivity index (χ4v) is 6.06. The van der Waals surface area contributed by atoms with Crippen LogP contribution in [0.3, 0.4) is 0 Å². The number of nitrogens with one attached hydrogen (secondary N) is 3. The zero-order valence-electron chi connectivity index (χ0n) is 19.4. The van der Waals surface area contributed by atoms with Crippen molar-refractivity contribution in [2.24, 2.45) is 11.8 Å². The minimum absolute atomic E-state index is 0.0158. The second-order valence-corrected chi connectivity index (χ2v) is 9.80. The van der Waals surface area contributed by atoms with Crippen LogP contribution in [0.1, 0.15) is 30.9 Å². The monoisotopic (exact) mass is 479 g/mol. The highest BCUT2D eigenvalue weighted by Gasteiger charge is 2.52. The largest absolute Gasteiger partial charge is 0.353 e. The van der Waals surface area contributed by atoms with E-state index in [-0.39, 0.29) is 35.5 Å². The van der Waals surface area contributed by atoms with E-state index in [4.69, 9.17) is 0 Å². The van der Waals surface area contributed by atoms with E-state index in [1.54, 1.807) is 24.4 Å². The standard InChI is InChI=1S/C25H30FN7O2/c26-19-6-2-1-5-17(19)22-23-28-24(34)18-9-8-16(15-20(18)33(23)30-29-22)25(35)32-13-11-31(12-14-32)21-7-3-4-10-27-21/h1-7,10,16,18,20,22-23,29-30H,8-9,11-15H2,(H,28,34). The van der Waals surface area contributed by atoms with Crippen LogP contribution in [-0.2, 0) is 9.59 Å². The lowest BCUT2D eigenvalue weighted by Gasteiger charge is -2.47. The number of anilines is 1. The van der Waals surface area contributed by atoms with E-state index in [1.807, 2.05) is 28.1 Å². The molecular formula is C25H30FN7O2. The summed E-state index contributed by atoms with van der Waals surface area (Å²) in [6, 6.07) is 11.9. The van der Waals surface area contributed by atoms with Crippen molar-refractivity contribution in [2.45, 2.75) is 37.5 Å². The minimum atomic E-state index is -0.420. The Kier molecular flexibility index (Phi) is 5.87. The van der Waals surface area contributed by atoms with Crippen molar-refractivity contribution in [3.05, 3.63) is 60.0 Å². The summed E-state index contributed by atoms with van der Waals surface area (Å²) in [5.74, 6) is 0.467. The summed E-state index contributed by atoms with van der Waals surface area (Å²) >= 11 is 0. The summed E-state index contributed by atoms with van der Waals surface area (Å²) < 4.78 is 14.5. The lowest BCUT2D eigenvalue weighted by atomic mass is 9.75. The highest BCUT2D eigenvalue weighted by Crippen LogP contribution is 2.39. The number of carbonyl (C=O) groups excluding carboxylic acids is 2. The van der Waals surface area contributed by atoms with Crippen molar-refractivity contribution in [1.82, 2.24) is 31.2 Å². The van der Waals surface area contributed by atoms with Gasteiger partial charge in [-0.2, -0.15) is 5.53 Å². The van der Waals surface area contributed by atoms with E-state index >= 15 is 0 Å². The number of hydrazine groups is 2. The maximum atomic E-state index is 14.5. The van der Waals surface area contributed by atoms with Crippen molar-refractivity contribution >= 4 is 17.6 Å². The summed E-state index contributed by atoms with van der Waals surface area (Å²) in [6.45, 7) is 2.85. The first kappa shape index (κ1) is 22.4. The zero-order valence-corrected chi connectivity index (χ0v) is 19.4. The maximum absolute atomic E-state index is 14.5. The first-order chi connectivity index (χ1) is 17.1. The van der Waals surface area contributed by atoms with Gasteiger partial charge in [-0.1, -0.05) is 24.3 Å². The smallest absolute Gasteiger partial charge is 0.226 e. The number of piperazine rings is 1. The first-order valence-corrected chi connectivity index (χ1v) is 12.4. The van der Waals surface area contributed by atoms with Crippen LogP contribution in [0.2, 0.25) is 0 Å². The number of hydrogen-bond donors (Lipinski definition) is 3. The molecule has 0 bridgehead atoms. The lowest BCUT2D eigenvalue weighted by molar-refractivity contribution is -0.147. The minimum Gasteiger partial charge on any atom is -0.353 e. The molecule has 0 radical (unpaired) electrons. The number of benzene rings is 1. The van der Waals surface area contributed by atoms with Crippen molar-refractivity contribution in [3.63, 3.8) is 0 Å². The molecule has 2 amide bonds. The number of pyridine rings is 1. The van der Waals surface area contributed by atoms with Gasteiger partial charge in [0, 0.05) is 49.9 Å². The molecule has 5 unspecified atom stereocenters. The summed E-state index contributed by atoms with van der Waals surface area (Å²) in [4.78, 5) is 35.0. The Morgan fingerprint density at radius 1 is 1.03 bits per heavy atom. The highest BCUT2D eigenvalue weighted by atomic mass is 19.1. The highest BCUT2D eigenvalue weighted by molar-refractivity contribution is 5.83. The molecule has 6 rings (SSSR count). The Hall–Kier alpha value is -3.08. The second-order valence-electron chi connectivity index (χ2n) is 9.80. The van der Waals surface area contributed by atoms with Gasteiger partial charge in [0.25, 0.3) is 0 Å². The average Bonchev–Trinajstić information content (AvgIpc) is 3.32. The summed E-state index contributed by atoms with van der Waals surface area (Å²) in [5, 5.41) is 5.06. The molecule has 1 saturated carbocycles. The van der Waals surface area contributed by atoms with E-state index in [0.29, 0.717) is 37.9 Å². The van der Waals surface area contributed by atoms with Crippen LogP contribution in [0.5, 0.6) is 0 Å². The van der Waals surface area contributed by atoms with E-state index in [9.17, 15) is 14.0 Å². The third kappa shape index (κ3) is 4.05. The van der Waals surface area contributed by atoms with E-state index in [2.05, 4.69) is 26.2 Å². The van der Waals surface area contributed by atoms with Crippen molar-refractivity contribution in [3.8, 4) is 0 Å². The number of rotatable bonds is 3. The number of hydrogen-bond acceptors (Lipinski definition) is 7. The van der Waals surface area contributed by atoms with Crippen molar-refractivity contribution in [1.29, 1.82) is 0 Å². The zero-order chi connectivity index (χ0) is 23.9. The van der Waals surface area contributed by atoms with Crippen LogP contribution in [0.25, 0.3) is 0 Å². The molecule has 9 nitrogen and oxygen atoms in total. The van der Waals surface area contributed by atoms with Gasteiger partial charge in [0.05, 0.1) is 12.0 Å². The normalized spacial score (nSPS) is 31.0. The average molecular weight is 480 g/mol. The fraction of sp³-hybridized carbons (Fsp3) is 0.480. The third-order valence-electron chi connectivity index (χ3n) is 7.92. The van der Waals surface area contributed by atoms with E-state index in [0.717, 1.165) is 18.9 Å². The number of aromatic nitrogens is 1. The Bertz CT molecular complexity index is 1090. The Balaban J connectivity index is 1.13. The molecule has 1 aromatic heterocycles. The molecule has 1 aliphatic carbocycles. The molecule has 4 heterocycles. The van der Waals surface area contributed by atoms with Gasteiger partial charge >= 0.3 is 0 Å². The molecule has 5 atom stereocenters. The molecule has 3 aliphatic heterocycles. The van der Waals surface area contributed by atoms with Crippen molar-refractivity contribution in [2.75, 3.05) is 31.1 Å². The maximum Gasteiger partial charge on any atom is 0.226 e. The molecule has 35 heavy (non-hydrogen) atoms. The number of fused-ring (bicyclic) bond motifs is 3. The Morgan fingerprint density at radius 2 is 1.83 bits per heavy atom. The van der Waals surface area contributed by atoms with Gasteiger partial charge in [-0.05, 0) is 37.5 Å². The van der Waals surface area contributed by atoms with E-state index < -0.39 is 12.2 Å². The van der Waals surface area contributed by atoms with E-state index in [1.165, 1.54) is 6.07 Å². The fourth-order valence-electron chi connectivity index (χ4n) is 6.06. The van der Waals surface area contributed by atoms with Crippen LogP contribution in [0.15, 0.2) is 48.7 Å². The first-order valence-electron chi connectivity index (χ1n) is 12.4. The van der Waals surface area contributed by atoms with Crippen LogP contribution in [0.4, 0.5) is 10.2 Å². The number of amides is 2. The lowest BCUT2D eigenvalue weighted by Crippen LogP contribution is -2.66. The van der Waals surface area contributed by atoms with Gasteiger partial charge in [0.2, 0.25) is 11.8 Å². The molecule has 4 fully saturated rings.